The summed E-state index contributed by atoms with van der Waals surface area (Å²) in [6, 6.07) is 14.2. The van der Waals surface area contributed by atoms with Crippen molar-refractivity contribution < 1.29 is 9.53 Å². The lowest BCUT2D eigenvalue weighted by Crippen LogP contribution is -2.09. The van der Waals surface area contributed by atoms with Gasteiger partial charge in [-0.05, 0) is 30.3 Å². The number of pyridine rings is 1. The fourth-order valence-electron chi connectivity index (χ4n) is 1.97. The van der Waals surface area contributed by atoms with Gasteiger partial charge >= 0.3 is 5.97 Å². The van der Waals surface area contributed by atoms with Crippen LogP contribution in [0, 0.1) is 0 Å². The van der Waals surface area contributed by atoms with E-state index in [9.17, 15) is 4.79 Å². The minimum Gasteiger partial charge on any atom is -0.421 e. The van der Waals surface area contributed by atoms with Crippen molar-refractivity contribution in [1.82, 2.24) is 4.98 Å². The van der Waals surface area contributed by atoms with Crippen molar-refractivity contribution in [2.24, 2.45) is 0 Å². The van der Waals surface area contributed by atoms with E-state index in [1.165, 1.54) is 0 Å². The fourth-order valence-corrected chi connectivity index (χ4v) is 2.52. The van der Waals surface area contributed by atoms with Crippen LogP contribution in [0.3, 0.4) is 0 Å². The Morgan fingerprint density at radius 2 is 1.95 bits per heavy atom. The average molecular weight is 363 g/mol. The predicted molar refractivity (Wildman–Crippen MR) is 85.9 cm³/mol. The molecule has 0 atom stereocenters. The first-order valence-electron chi connectivity index (χ1n) is 6.16. The first kappa shape index (κ1) is 14.0. The summed E-state index contributed by atoms with van der Waals surface area (Å²) in [5.41, 5.74) is 0.943. The maximum atomic E-state index is 12.3. The Morgan fingerprint density at radius 3 is 2.81 bits per heavy atom. The Kier molecular flexibility index (Phi) is 3.90. The van der Waals surface area contributed by atoms with Gasteiger partial charge in [0.05, 0.1) is 10.6 Å². The standard InChI is InChI=1S/C16H9BrClNO2/c17-11-6-7-13(18)12(9-11)16(20)21-14-5-1-3-10-4-2-8-19-15(10)14/h1-9H. The minimum absolute atomic E-state index is 0.305. The van der Waals surface area contributed by atoms with Gasteiger partial charge in [0, 0.05) is 16.1 Å². The quantitative estimate of drug-likeness (QED) is 0.482. The molecular formula is C16H9BrClNO2. The number of fused-ring (bicyclic) bond motifs is 1. The van der Waals surface area contributed by atoms with E-state index < -0.39 is 5.97 Å². The highest BCUT2D eigenvalue weighted by Crippen LogP contribution is 2.26. The van der Waals surface area contributed by atoms with Gasteiger partial charge in [0.1, 0.15) is 5.52 Å². The van der Waals surface area contributed by atoms with Crippen LogP contribution in [0.15, 0.2) is 59.2 Å². The van der Waals surface area contributed by atoms with Crippen molar-refractivity contribution in [2.45, 2.75) is 0 Å². The zero-order valence-corrected chi connectivity index (χ0v) is 13.1. The number of carbonyl (C=O) groups is 1. The van der Waals surface area contributed by atoms with E-state index in [0.717, 1.165) is 9.86 Å². The second kappa shape index (κ2) is 5.84. The van der Waals surface area contributed by atoms with Crippen LogP contribution in [0.2, 0.25) is 5.02 Å². The van der Waals surface area contributed by atoms with Gasteiger partial charge in [0.25, 0.3) is 0 Å². The summed E-state index contributed by atoms with van der Waals surface area (Å²) in [6.45, 7) is 0. The SMILES string of the molecule is O=C(Oc1cccc2cccnc12)c1cc(Br)ccc1Cl. The van der Waals surface area contributed by atoms with E-state index in [2.05, 4.69) is 20.9 Å². The second-order valence-corrected chi connectivity index (χ2v) is 5.67. The van der Waals surface area contributed by atoms with Crippen molar-refractivity contribution in [3.8, 4) is 5.75 Å². The van der Waals surface area contributed by atoms with Gasteiger partial charge in [-0.2, -0.15) is 0 Å². The van der Waals surface area contributed by atoms with Gasteiger partial charge in [-0.1, -0.05) is 45.7 Å². The largest absolute Gasteiger partial charge is 0.421 e. The van der Waals surface area contributed by atoms with Gasteiger partial charge in [-0.3, -0.25) is 4.98 Å². The molecule has 1 aromatic heterocycles. The first-order valence-corrected chi connectivity index (χ1v) is 7.33. The number of hydrogen-bond donors (Lipinski definition) is 0. The normalized spacial score (nSPS) is 10.6. The van der Waals surface area contributed by atoms with E-state index >= 15 is 0 Å². The predicted octanol–water partition coefficient (Wildman–Crippen LogP) is 4.87. The second-order valence-electron chi connectivity index (χ2n) is 4.34. The van der Waals surface area contributed by atoms with E-state index in [0.29, 0.717) is 21.9 Å². The molecule has 0 saturated carbocycles. The van der Waals surface area contributed by atoms with E-state index in [1.54, 1.807) is 30.5 Å². The number of ether oxygens (including phenoxy) is 1. The monoisotopic (exact) mass is 361 g/mol. The molecule has 0 radical (unpaired) electrons. The Morgan fingerprint density at radius 1 is 1.14 bits per heavy atom. The number of carbonyl (C=O) groups excluding carboxylic acids is 1. The molecule has 0 bridgehead atoms. The average Bonchev–Trinajstić information content (AvgIpc) is 2.50. The first-order chi connectivity index (χ1) is 10.1. The third-order valence-corrected chi connectivity index (χ3v) is 3.77. The zero-order valence-electron chi connectivity index (χ0n) is 10.7. The molecule has 104 valence electrons. The smallest absolute Gasteiger partial charge is 0.345 e. The van der Waals surface area contributed by atoms with E-state index in [4.69, 9.17) is 16.3 Å². The fraction of sp³-hybridized carbons (Fsp3) is 0. The number of nitrogens with zero attached hydrogens (tertiary/aromatic N) is 1. The molecule has 3 nitrogen and oxygen atoms in total. The maximum Gasteiger partial charge on any atom is 0.345 e. The summed E-state index contributed by atoms with van der Waals surface area (Å²) in [6.07, 6.45) is 1.66. The summed E-state index contributed by atoms with van der Waals surface area (Å²) in [5, 5.41) is 1.25. The Bertz CT molecular complexity index is 830. The summed E-state index contributed by atoms with van der Waals surface area (Å²) >= 11 is 9.35. The van der Waals surface area contributed by atoms with Crippen LogP contribution in [-0.2, 0) is 0 Å². The molecule has 2 aromatic carbocycles. The van der Waals surface area contributed by atoms with Gasteiger partial charge in [0.15, 0.2) is 5.75 Å². The molecule has 0 saturated heterocycles. The molecular weight excluding hydrogens is 354 g/mol. The van der Waals surface area contributed by atoms with Crippen LogP contribution in [0.5, 0.6) is 5.75 Å². The van der Waals surface area contributed by atoms with Crippen LogP contribution in [0.1, 0.15) is 10.4 Å². The third kappa shape index (κ3) is 2.91. The molecule has 0 N–H and O–H groups in total. The van der Waals surface area contributed by atoms with Crippen LogP contribution >= 0.6 is 27.5 Å². The third-order valence-electron chi connectivity index (χ3n) is 2.95. The van der Waals surface area contributed by atoms with E-state index in [1.807, 2.05) is 24.3 Å². The highest BCUT2D eigenvalue weighted by atomic mass is 79.9. The molecule has 1 heterocycles. The number of para-hydroxylation sites is 1. The van der Waals surface area contributed by atoms with Crippen molar-refractivity contribution in [3.05, 3.63) is 69.8 Å². The molecule has 0 aliphatic rings. The lowest BCUT2D eigenvalue weighted by atomic mass is 10.2. The van der Waals surface area contributed by atoms with Crippen LogP contribution in [-0.4, -0.2) is 11.0 Å². The molecule has 0 unspecified atom stereocenters. The van der Waals surface area contributed by atoms with Crippen LogP contribution < -0.4 is 4.74 Å². The molecule has 0 spiro atoms. The van der Waals surface area contributed by atoms with Gasteiger partial charge < -0.3 is 4.74 Å². The maximum absolute atomic E-state index is 12.3. The number of aromatic nitrogens is 1. The molecule has 0 fully saturated rings. The summed E-state index contributed by atoms with van der Waals surface area (Å²) in [7, 11) is 0. The van der Waals surface area contributed by atoms with Gasteiger partial charge in [-0.25, -0.2) is 4.79 Å². The molecule has 0 amide bonds. The molecule has 5 heteroatoms. The Labute approximate surface area is 134 Å². The number of benzene rings is 2. The lowest BCUT2D eigenvalue weighted by Gasteiger charge is -2.08. The minimum atomic E-state index is -0.514. The van der Waals surface area contributed by atoms with Gasteiger partial charge in [-0.15, -0.1) is 0 Å². The van der Waals surface area contributed by atoms with Crippen molar-refractivity contribution in [1.29, 1.82) is 0 Å². The van der Waals surface area contributed by atoms with Crippen LogP contribution in [0.4, 0.5) is 0 Å². The molecule has 21 heavy (non-hydrogen) atoms. The van der Waals surface area contributed by atoms with Crippen molar-refractivity contribution >= 4 is 44.4 Å². The summed E-state index contributed by atoms with van der Waals surface area (Å²) in [5.74, 6) is -0.103. The van der Waals surface area contributed by atoms with Crippen molar-refractivity contribution in [3.63, 3.8) is 0 Å². The zero-order chi connectivity index (χ0) is 14.8. The number of rotatable bonds is 2. The number of halogens is 2. The van der Waals surface area contributed by atoms with E-state index in [-0.39, 0.29) is 0 Å². The highest BCUT2D eigenvalue weighted by molar-refractivity contribution is 9.10. The summed E-state index contributed by atoms with van der Waals surface area (Å²) < 4.78 is 6.20. The van der Waals surface area contributed by atoms with Crippen molar-refractivity contribution in [2.75, 3.05) is 0 Å². The van der Waals surface area contributed by atoms with Gasteiger partial charge in [0.2, 0.25) is 0 Å². The lowest BCUT2D eigenvalue weighted by molar-refractivity contribution is 0.0737. The molecule has 3 rings (SSSR count). The number of hydrogen-bond acceptors (Lipinski definition) is 3. The molecule has 3 aromatic rings. The van der Waals surface area contributed by atoms with Crippen LogP contribution in [0.25, 0.3) is 10.9 Å². The Hall–Kier alpha value is -1.91. The molecule has 0 aliphatic heterocycles. The summed E-state index contributed by atoms with van der Waals surface area (Å²) in [4.78, 5) is 16.5. The highest BCUT2D eigenvalue weighted by Gasteiger charge is 2.15. The Balaban J connectivity index is 1.99. The molecule has 0 aliphatic carbocycles. The number of esters is 1. The topological polar surface area (TPSA) is 39.2 Å².